The molecular formula is C19H23N3O3S. The maximum absolute atomic E-state index is 13.2. The van der Waals surface area contributed by atoms with E-state index in [1.54, 1.807) is 0 Å². The Kier molecular flexibility index (Phi) is 4.44. The summed E-state index contributed by atoms with van der Waals surface area (Å²) in [5, 5.41) is 0.887. The monoisotopic (exact) mass is 373 g/mol. The molecule has 1 aliphatic carbocycles. The molecule has 1 aromatic carbocycles. The lowest BCUT2D eigenvalue weighted by Gasteiger charge is -2.32. The molecule has 0 atom stereocenters. The fourth-order valence-electron chi connectivity index (χ4n) is 3.63. The zero-order chi connectivity index (χ0) is 18.3. The van der Waals surface area contributed by atoms with Crippen LogP contribution >= 0.6 is 0 Å². The number of hydrogen-bond acceptors (Lipinski definition) is 4. The number of rotatable bonds is 4. The number of piperidine rings is 1. The van der Waals surface area contributed by atoms with Crippen LogP contribution in [0.5, 0.6) is 0 Å². The van der Waals surface area contributed by atoms with Crippen molar-refractivity contribution in [1.29, 1.82) is 0 Å². The van der Waals surface area contributed by atoms with Gasteiger partial charge in [0, 0.05) is 36.1 Å². The van der Waals surface area contributed by atoms with E-state index in [9.17, 15) is 13.2 Å². The van der Waals surface area contributed by atoms with Crippen LogP contribution < -0.4 is 4.72 Å². The fraction of sp³-hybridized carbons (Fsp3) is 0.474. The molecule has 6 nitrogen and oxygen atoms in total. The summed E-state index contributed by atoms with van der Waals surface area (Å²) in [6, 6.07) is 9.65. The maximum atomic E-state index is 13.2. The zero-order valence-electron chi connectivity index (χ0n) is 14.8. The van der Waals surface area contributed by atoms with Crippen molar-refractivity contribution in [1.82, 2.24) is 14.6 Å². The van der Waals surface area contributed by atoms with Gasteiger partial charge in [-0.05, 0) is 37.8 Å². The third-order valence-corrected chi connectivity index (χ3v) is 5.89. The molecule has 2 aromatic rings. The number of fused-ring (bicyclic) bond motifs is 1. The Morgan fingerprint density at radius 3 is 2.50 bits per heavy atom. The summed E-state index contributed by atoms with van der Waals surface area (Å²) in [5.41, 5.74) is 2.60. The number of carbonyl (C=O) groups excluding carboxylic acids is 1. The van der Waals surface area contributed by atoms with Gasteiger partial charge in [0.05, 0.1) is 17.3 Å². The first kappa shape index (κ1) is 17.4. The van der Waals surface area contributed by atoms with E-state index in [0.717, 1.165) is 29.4 Å². The Morgan fingerprint density at radius 1 is 1.15 bits per heavy atom. The second kappa shape index (κ2) is 6.63. The summed E-state index contributed by atoms with van der Waals surface area (Å²) >= 11 is 0. The van der Waals surface area contributed by atoms with Gasteiger partial charge >= 0.3 is 0 Å². The smallest absolute Gasteiger partial charge is 0.254 e. The molecule has 7 heteroatoms. The van der Waals surface area contributed by atoms with Crippen LogP contribution in [0.3, 0.4) is 0 Å². The number of benzene rings is 1. The van der Waals surface area contributed by atoms with Crippen LogP contribution in [-0.2, 0) is 10.0 Å². The molecule has 4 rings (SSSR count). The molecule has 0 spiro atoms. The lowest BCUT2D eigenvalue weighted by atomic mass is 10.0. The van der Waals surface area contributed by atoms with Gasteiger partial charge in [-0.15, -0.1) is 0 Å². The topological polar surface area (TPSA) is 79.4 Å². The molecule has 1 N–H and O–H groups in total. The number of hydrogen-bond donors (Lipinski definition) is 1. The first-order chi connectivity index (χ1) is 12.4. The van der Waals surface area contributed by atoms with Crippen molar-refractivity contribution < 1.29 is 13.2 Å². The largest absolute Gasteiger partial charge is 0.339 e. The highest BCUT2D eigenvalue weighted by Crippen LogP contribution is 2.40. The number of likely N-dealkylation sites (tertiary alicyclic amines) is 1. The van der Waals surface area contributed by atoms with E-state index in [2.05, 4.69) is 4.72 Å². The molecule has 1 amide bonds. The molecule has 0 radical (unpaired) electrons. The van der Waals surface area contributed by atoms with Gasteiger partial charge in [-0.25, -0.2) is 13.1 Å². The number of nitrogens with one attached hydrogen (secondary N) is 1. The number of amides is 1. The minimum Gasteiger partial charge on any atom is -0.339 e. The van der Waals surface area contributed by atoms with Crippen molar-refractivity contribution in [2.24, 2.45) is 0 Å². The summed E-state index contributed by atoms with van der Waals surface area (Å²) < 4.78 is 25.4. The van der Waals surface area contributed by atoms with Gasteiger partial charge in [0.15, 0.2) is 0 Å². The summed E-state index contributed by atoms with van der Waals surface area (Å²) in [7, 11) is -3.21. The van der Waals surface area contributed by atoms with Gasteiger partial charge in [-0.2, -0.15) is 0 Å². The highest BCUT2D eigenvalue weighted by molar-refractivity contribution is 7.88. The average molecular weight is 373 g/mol. The van der Waals surface area contributed by atoms with Crippen molar-refractivity contribution >= 4 is 26.8 Å². The van der Waals surface area contributed by atoms with Crippen LogP contribution in [0.2, 0.25) is 0 Å². The third kappa shape index (κ3) is 3.73. The molecule has 26 heavy (non-hydrogen) atoms. The van der Waals surface area contributed by atoms with Crippen LogP contribution in [0.1, 0.15) is 47.7 Å². The van der Waals surface area contributed by atoms with E-state index in [4.69, 9.17) is 4.98 Å². The van der Waals surface area contributed by atoms with Gasteiger partial charge in [0.2, 0.25) is 10.0 Å². The van der Waals surface area contributed by atoms with Crippen molar-refractivity contribution in [2.75, 3.05) is 19.3 Å². The summed E-state index contributed by atoms with van der Waals surface area (Å²) in [4.78, 5) is 19.7. The second-order valence-electron chi connectivity index (χ2n) is 7.34. The molecule has 1 aromatic heterocycles. The van der Waals surface area contributed by atoms with Gasteiger partial charge in [-0.1, -0.05) is 18.2 Å². The first-order valence-electron chi connectivity index (χ1n) is 9.07. The second-order valence-corrected chi connectivity index (χ2v) is 9.12. The Hall–Kier alpha value is -1.99. The van der Waals surface area contributed by atoms with E-state index < -0.39 is 10.0 Å². The predicted octanol–water partition coefficient (Wildman–Crippen LogP) is 2.27. The minimum absolute atomic E-state index is 0.0169. The summed E-state index contributed by atoms with van der Waals surface area (Å²) in [6.45, 7) is 1.11. The van der Waals surface area contributed by atoms with E-state index >= 15 is 0 Å². The Morgan fingerprint density at radius 2 is 1.85 bits per heavy atom. The number of sulfonamides is 1. The van der Waals surface area contributed by atoms with Crippen LogP contribution in [0, 0.1) is 0 Å². The van der Waals surface area contributed by atoms with Crippen LogP contribution in [0.15, 0.2) is 30.3 Å². The van der Waals surface area contributed by atoms with Gasteiger partial charge < -0.3 is 4.90 Å². The number of nitrogens with zero attached hydrogens (tertiary/aromatic N) is 2. The average Bonchev–Trinajstić information content (AvgIpc) is 3.44. The number of aromatic nitrogens is 1. The van der Waals surface area contributed by atoms with E-state index in [0.29, 0.717) is 37.4 Å². The molecule has 1 saturated heterocycles. The lowest BCUT2D eigenvalue weighted by Crippen LogP contribution is -2.46. The number of pyridine rings is 1. The van der Waals surface area contributed by atoms with Crippen LogP contribution in [0.4, 0.5) is 0 Å². The van der Waals surface area contributed by atoms with Gasteiger partial charge in [-0.3, -0.25) is 9.78 Å². The molecule has 2 fully saturated rings. The van der Waals surface area contributed by atoms with Crippen molar-refractivity contribution in [3.8, 4) is 0 Å². The molecular weight excluding hydrogens is 350 g/mol. The molecule has 1 saturated carbocycles. The highest BCUT2D eigenvalue weighted by atomic mass is 32.2. The molecule has 2 heterocycles. The van der Waals surface area contributed by atoms with Crippen molar-refractivity contribution in [3.05, 3.63) is 41.6 Å². The molecule has 138 valence electrons. The molecule has 1 aliphatic heterocycles. The number of para-hydroxylation sites is 1. The molecule has 2 aliphatic rings. The van der Waals surface area contributed by atoms with E-state index in [1.165, 1.54) is 6.26 Å². The van der Waals surface area contributed by atoms with Gasteiger partial charge in [0.1, 0.15) is 0 Å². The molecule has 0 bridgehead atoms. The highest BCUT2D eigenvalue weighted by Gasteiger charge is 2.29. The molecule has 0 unspecified atom stereocenters. The normalized spacial score (nSPS) is 19.0. The third-order valence-electron chi connectivity index (χ3n) is 5.12. The van der Waals surface area contributed by atoms with E-state index in [1.807, 2.05) is 35.2 Å². The number of carbonyl (C=O) groups is 1. The standard InChI is InChI=1S/C19H23N3O3S/c1-26(24,25)21-14-8-10-22(11-9-14)19(23)16-12-18(13-6-7-13)20-17-5-3-2-4-15(16)17/h2-5,12-14,21H,6-11H2,1H3. The Balaban J connectivity index is 1.57. The Bertz CT molecular complexity index is 946. The SMILES string of the molecule is CS(=O)(=O)NC1CCN(C(=O)c2cc(C3CC3)nc3ccccc23)CC1. The summed E-state index contributed by atoms with van der Waals surface area (Å²) in [6.07, 6.45) is 4.73. The van der Waals surface area contributed by atoms with Gasteiger partial charge in [0.25, 0.3) is 5.91 Å². The summed E-state index contributed by atoms with van der Waals surface area (Å²) in [5.74, 6) is 0.499. The minimum atomic E-state index is -3.21. The van der Waals surface area contributed by atoms with Crippen LogP contribution in [-0.4, -0.2) is 49.6 Å². The Labute approximate surface area is 153 Å². The quantitative estimate of drug-likeness (QED) is 0.892. The predicted molar refractivity (Wildman–Crippen MR) is 101 cm³/mol. The lowest BCUT2D eigenvalue weighted by molar-refractivity contribution is 0.0713. The first-order valence-corrected chi connectivity index (χ1v) is 11.0. The fourth-order valence-corrected chi connectivity index (χ4v) is 4.48. The van der Waals surface area contributed by atoms with Crippen LogP contribution in [0.25, 0.3) is 10.9 Å². The van der Waals surface area contributed by atoms with E-state index in [-0.39, 0.29) is 11.9 Å². The maximum Gasteiger partial charge on any atom is 0.254 e. The van der Waals surface area contributed by atoms with Crippen molar-refractivity contribution in [3.63, 3.8) is 0 Å². The zero-order valence-corrected chi connectivity index (χ0v) is 15.6. The van der Waals surface area contributed by atoms with Crippen molar-refractivity contribution in [2.45, 2.75) is 37.6 Å².